The van der Waals surface area contributed by atoms with E-state index in [4.69, 9.17) is 4.74 Å². The summed E-state index contributed by atoms with van der Waals surface area (Å²) in [6, 6.07) is 9.55. The van der Waals surface area contributed by atoms with Gasteiger partial charge >= 0.3 is 0 Å². The SMILES string of the molecule is CCOCCN1C(=O)CSC1c1c(C)n(C)n(-c2ccccc2)c1=O. The maximum Gasteiger partial charge on any atom is 0.277 e. The number of nitrogens with zero attached hydrogens (tertiary/aromatic N) is 3. The number of aromatic nitrogens is 2. The normalized spacial score (nSPS) is 17.5. The summed E-state index contributed by atoms with van der Waals surface area (Å²) >= 11 is 1.51. The van der Waals surface area contributed by atoms with Gasteiger partial charge in [-0.15, -0.1) is 11.8 Å². The number of para-hydroxylation sites is 1. The Morgan fingerprint density at radius 2 is 1.96 bits per heavy atom. The molecule has 134 valence electrons. The molecule has 0 aliphatic carbocycles. The highest BCUT2D eigenvalue weighted by molar-refractivity contribution is 8.00. The first-order valence-corrected chi connectivity index (χ1v) is 9.43. The molecule has 0 N–H and O–H groups in total. The molecule has 1 saturated heterocycles. The van der Waals surface area contributed by atoms with Crippen LogP contribution in [0.25, 0.3) is 5.69 Å². The number of rotatable bonds is 6. The summed E-state index contributed by atoms with van der Waals surface area (Å²) in [7, 11) is 1.87. The van der Waals surface area contributed by atoms with Crippen LogP contribution in [0.5, 0.6) is 0 Å². The number of hydrogen-bond donors (Lipinski definition) is 0. The second-order valence-electron chi connectivity index (χ2n) is 5.92. The molecule has 6 nitrogen and oxygen atoms in total. The zero-order valence-corrected chi connectivity index (χ0v) is 15.6. The van der Waals surface area contributed by atoms with Gasteiger partial charge in [-0.25, -0.2) is 4.68 Å². The first-order valence-electron chi connectivity index (χ1n) is 8.39. The number of thioether (sulfide) groups is 1. The fraction of sp³-hybridized carbons (Fsp3) is 0.444. The monoisotopic (exact) mass is 361 g/mol. The number of amides is 1. The van der Waals surface area contributed by atoms with Crippen molar-refractivity contribution in [2.75, 3.05) is 25.5 Å². The van der Waals surface area contributed by atoms with Crippen LogP contribution in [0.4, 0.5) is 0 Å². The lowest BCUT2D eigenvalue weighted by atomic mass is 10.2. The number of ether oxygens (including phenoxy) is 1. The molecule has 1 amide bonds. The van der Waals surface area contributed by atoms with Crippen molar-refractivity contribution in [3.8, 4) is 5.69 Å². The van der Waals surface area contributed by atoms with E-state index >= 15 is 0 Å². The van der Waals surface area contributed by atoms with Crippen LogP contribution in [-0.4, -0.2) is 45.7 Å². The van der Waals surface area contributed by atoms with Crippen LogP contribution in [0, 0.1) is 6.92 Å². The van der Waals surface area contributed by atoms with Crippen LogP contribution in [0.2, 0.25) is 0 Å². The van der Waals surface area contributed by atoms with Gasteiger partial charge in [-0.05, 0) is 26.0 Å². The Kier molecular flexibility index (Phi) is 5.34. The third-order valence-electron chi connectivity index (χ3n) is 4.49. The lowest BCUT2D eigenvalue weighted by molar-refractivity contribution is -0.128. The van der Waals surface area contributed by atoms with E-state index in [1.165, 1.54) is 11.8 Å². The molecule has 1 aliphatic rings. The molecule has 0 spiro atoms. The van der Waals surface area contributed by atoms with Gasteiger partial charge in [0.1, 0.15) is 5.37 Å². The number of benzene rings is 1. The van der Waals surface area contributed by atoms with Gasteiger partial charge in [0.05, 0.1) is 23.6 Å². The van der Waals surface area contributed by atoms with Crippen molar-refractivity contribution >= 4 is 17.7 Å². The van der Waals surface area contributed by atoms with E-state index < -0.39 is 0 Å². The van der Waals surface area contributed by atoms with Gasteiger partial charge in [0, 0.05) is 25.9 Å². The molecule has 2 heterocycles. The van der Waals surface area contributed by atoms with Crippen LogP contribution in [0.15, 0.2) is 35.1 Å². The Labute approximate surface area is 151 Å². The minimum absolute atomic E-state index is 0.0589. The average molecular weight is 361 g/mol. The van der Waals surface area contributed by atoms with Gasteiger partial charge in [0.15, 0.2) is 0 Å². The summed E-state index contributed by atoms with van der Waals surface area (Å²) in [6.07, 6.45) is 0. The highest BCUT2D eigenvalue weighted by atomic mass is 32.2. The summed E-state index contributed by atoms with van der Waals surface area (Å²) in [4.78, 5) is 27.2. The van der Waals surface area contributed by atoms with Crippen molar-refractivity contribution in [3.63, 3.8) is 0 Å². The molecule has 1 aromatic carbocycles. The second-order valence-corrected chi connectivity index (χ2v) is 6.99. The molecule has 1 aromatic heterocycles. The van der Waals surface area contributed by atoms with Crippen molar-refractivity contribution < 1.29 is 9.53 Å². The van der Waals surface area contributed by atoms with E-state index in [-0.39, 0.29) is 16.8 Å². The van der Waals surface area contributed by atoms with Crippen molar-refractivity contribution in [1.29, 1.82) is 0 Å². The predicted octanol–water partition coefficient (Wildman–Crippen LogP) is 2.09. The maximum absolute atomic E-state index is 13.1. The first kappa shape index (κ1) is 17.8. The van der Waals surface area contributed by atoms with E-state index in [2.05, 4.69) is 0 Å². The molecule has 0 saturated carbocycles. The summed E-state index contributed by atoms with van der Waals surface area (Å²) in [5, 5.41) is -0.253. The molecule has 1 fully saturated rings. The third kappa shape index (κ3) is 3.26. The van der Waals surface area contributed by atoms with Crippen LogP contribution < -0.4 is 5.56 Å². The molecule has 25 heavy (non-hydrogen) atoms. The van der Waals surface area contributed by atoms with Gasteiger partial charge < -0.3 is 9.64 Å². The predicted molar refractivity (Wildman–Crippen MR) is 99.2 cm³/mol. The molecule has 2 aromatic rings. The number of hydrogen-bond acceptors (Lipinski definition) is 4. The van der Waals surface area contributed by atoms with Crippen LogP contribution in [0.1, 0.15) is 23.6 Å². The van der Waals surface area contributed by atoms with Crippen molar-refractivity contribution in [2.24, 2.45) is 7.05 Å². The van der Waals surface area contributed by atoms with Crippen LogP contribution in [-0.2, 0) is 16.6 Å². The van der Waals surface area contributed by atoms with E-state index in [1.54, 1.807) is 9.58 Å². The Balaban J connectivity index is 2.00. The Hall–Kier alpha value is -1.99. The van der Waals surface area contributed by atoms with E-state index in [0.717, 1.165) is 11.4 Å². The van der Waals surface area contributed by atoms with Gasteiger partial charge in [-0.1, -0.05) is 18.2 Å². The summed E-state index contributed by atoms with van der Waals surface area (Å²) < 4.78 is 8.91. The largest absolute Gasteiger partial charge is 0.380 e. The van der Waals surface area contributed by atoms with Gasteiger partial charge in [-0.3, -0.25) is 14.3 Å². The fourth-order valence-electron chi connectivity index (χ4n) is 3.12. The van der Waals surface area contributed by atoms with E-state index in [0.29, 0.717) is 31.1 Å². The Morgan fingerprint density at radius 3 is 2.64 bits per heavy atom. The zero-order chi connectivity index (χ0) is 18.0. The standard InChI is InChI=1S/C18H23N3O3S/c1-4-24-11-10-20-15(22)12-25-18(20)16-13(2)19(3)21(17(16)23)14-8-6-5-7-9-14/h5-9,18H,4,10-12H2,1-3H3. The van der Waals surface area contributed by atoms with Gasteiger partial charge in [0.25, 0.3) is 5.56 Å². The minimum Gasteiger partial charge on any atom is -0.380 e. The topological polar surface area (TPSA) is 56.5 Å². The summed E-state index contributed by atoms with van der Waals surface area (Å²) in [6.45, 7) is 5.46. The molecular weight excluding hydrogens is 338 g/mol. The lowest BCUT2D eigenvalue weighted by Crippen LogP contribution is -2.34. The van der Waals surface area contributed by atoms with Crippen LogP contribution >= 0.6 is 11.8 Å². The minimum atomic E-state index is -0.253. The molecule has 1 unspecified atom stereocenters. The van der Waals surface area contributed by atoms with Crippen LogP contribution in [0.3, 0.4) is 0 Å². The van der Waals surface area contributed by atoms with Gasteiger partial charge in [0.2, 0.25) is 5.91 Å². The van der Waals surface area contributed by atoms with Gasteiger partial charge in [-0.2, -0.15) is 0 Å². The molecule has 1 aliphatic heterocycles. The molecule has 7 heteroatoms. The second kappa shape index (κ2) is 7.49. The van der Waals surface area contributed by atoms with Crippen molar-refractivity contribution in [1.82, 2.24) is 14.3 Å². The highest BCUT2D eigenvalue weighted by Crippen LogP contribution is 2.38. The number of carbonyl (C=O) groups is 1. The molecule has 0 radical (unpaired) electrons. The Bertz CT molecular complexity index is 813. The summed E-state index contributed by atoms with van der Waals surface area (Å²) in [5.41, 5.74) is 2.31. The highest BCUT2D eigenvalue weighted by Gasteiger charge is 2.37. The van der Waals surface area contributed by atoms with E-state index in [9.17, 15) is 9.59 Å². The molecular formula is C18H23N3O3S. The molecule has 0 bridgehead atoms. The van der Waals surface area contributed by atoms with E-state index in [1.807, 2.05) is 55.9 Å². The Morgan fingerprint density at radius 1 is 1.24 bits per heavy atom. The zero-order valence-electron chi connectivity index (χ0n) is 14.8. The first-order chi connectivity index (χ1) is 12.1. The third-order valence-corrected chi connectivity index (χ3v) is 5.71. The maximum atomic E-state index is 13.1. The smallest absolute Gasteiger partial charge is 0.277 e. The molecule has 3 rings (SSSR count). The average Bonchev–Trinajstić information content (AvgIpc) is 3.07. The number of carbonyl (C=O) groups excluding carboxylic acids is 1. The lowest BCUT2D eigenvalue weighted by Gasteiger charge is -2.23. The van der Waals surface area contributed by atoms with Crippen molar-refractivity contribution in [3.05, 3.63) is 51.9 Å². The summed E-state index contributed by atoms with van der Waals surface area (Å²) in [5.74, 6) is 0.458. The quantitative estimate of drug-likeness (QED) is 0.740. The molecule has 1 atom stereocenters. The van der Waals surface area contributed by atoms with Crippen molar-refractivity contribution in [2.45, 2.75) is 19.2 Å². The fourth-order valence-corrected chi connectivity index (χ4v) is 4.42.